The Bertz CT molecular complexity index is 906. The van der Waals surface area contributed by atoms with E-state index in [1.807, 2.05) is 54.6 Å². The maximum absolute atomic E-state index is 12.9. The van der Waals surface area contributed by atoms with Crippen molar-refractivity contribution in [3.05, 3.63) is 66.4 Å². The molecule has 6 nitrogen and oxygen atoms in total. The fraction of sp³-hybridized carbons (Fsp3) is 0.273. The summed E-state index contributed by atoms with van der Waals surface area (Å²) in [6, 6.07) is 17.3. The van der Waals surface area contributed by atoms with Gasteiger partial charge in [0.15, 0.2) is 0 Å². The van der Waals surface area contributed by atoms with E-state index in [4.69, 9.17) is 9.84 Å². The topological polar surface area (TPSA) is 68.2 Å². The van der Waals surface area contributed by atoms with Gasteiger partial charge >= 0.3 is 0 Å². The number of para-hydroxylation sites is 2. The zero-order valence-corrected chi connectivity index (χ0v) is 16.3. The number of hydrogen-bond donors (Lipinski definition) is 2. The number of ether oxygens (including phenoxy) is 1. The molecule has 1 heterocycles. The summed E-state index contributed by atoms with van der Waals surface area (Å²) >= 11 is 0. The number of amides is 1. The van der Waals surface area contributed by atoms with Crippen molar-refractivity contribution in [2.24, 2.45) is 0 Å². The number of aromatic nitrogens is 2. The van der Waals surface area contributed by atoms with Crippen molar-refractivity contribution in [3.63, 3.8) is 0 Å². The van der Waals surface area contributed by atoms with Gasteiger partial charge in [-0.05, 0) is 37.2 Å². The molecule has 0 saturated heterocycles. The first-order valence-electron chi connectivity index (χ1n) is 9.52. The lowest BCUT2D eigenvalue weighted by Gasteiger charge is -2.09. The number of rotatable bonds is 9. The van der Waals surface area contributed by atoms with E-state index in [0.29, 0.717) is 23.6 Å². The van der Waals surface area contributed by atoms with Crippen LogP contribution in [0.3, 0.4) is 0 Å². The molecule has 28 heavy (non-hydrogen) atoms. The third-order valence-electron chi connectivity index (χ3n) is 4.36. The van der Waals surface area contributed by atoms with Gasteiger partial charge in [-0.25, -0.2) is 4.68 Å². The third-order valence-corrected chi connectivity index (χ3v) is 4.36. The summed E-state index contributed by atoms with van der Waals surface area (Å²) in [4.78, 5) is 12.9. The number of methoxy groups -OCH3 is 1. The zero-order valence-electron chi connectivity index (χ0n) is 16.3. The van der Waals surface area contributed by atoms with Crippen LogP contribution in [0.4, 0.5) is 0 Å². The number of nitrogens with zero attached hydrogens (tertiary/aromatic N) is 2. The summed E-state index contributed by atoms with van der Waals surface area (Å²) in [6.07, 6.45) is 2.83. The molecule has 3 rings (SSSR count). The van der Waals surface area contributed by atoms with Crippen LogP contribution in [0, 0.1) is 0 Å². The smallest absolute Gasteiger partial charge is 0.255 e. The lowest BCUT2D eigenvalue weighted by atomic mass is 10.1. The van der Waals surface area contributed by atoms with E-state index < -0.39 is 0 Å². The summed E-state index contributed by atoms with van der Waals surface area (Å²) in [5.41, 5.74) is 2.79. The molecule has 6 heteroatoms. The summed E-state index contributed by atoms with van der Waals surface area (Å²) in [7, 11) is 1.62. The van der Waals surface area contributed by atoms with Gasteiger partial charge in [0.2, 0.25) is 0 Å². The number of benzene rings is 2. The molecule has 2 N–H and O–H groups in total. The number of carbonyl (C=O) groups excluding carboxylic acids is 1. The minimum atomic E-state index is -0.151. The predicted octanol–water partition coefficient (Wildman–Crippen LogP) is 3.28. The van der Waals surface area contributed by atoms with Crippen molar-refractivity contribution in [2.75, 3.05) is 26.7 Å². The average Bonchev–Trinajstić information content (AvgIpc) is 3.19. The van der Waals surface area contributed by atoms with Crippen LogP contribution < -0.4 is 15.4 Å². The summed E-state index contributed by atoms with van der Waals surface area (Å²) in [6.45, 7) is 4.34. The third kappa shape index (κ3) is 4.58. The first-order valence-corrected chi connectivity index (χ1v) is 9.52. The van der Waals surface area contributed by atoms with Gasteiger partial charge in [-0.3, -0.25) is 4.79 Å². The molecule has 0 radical (unpaired) electrons. The molecule has 0 aliphatic heterocycles. The van der Waals surface area contributed by atoms with Crippen LogP contribution >= 0.6 is 0 Å². The highest BCUT2D eigenvalue weighted by Gasteiger charge is 2.20. The largest absolute Gasteiger partial charge is 0.496 e. The molecule has 0 bridgehead atoms. The first kappa shape index (κ1) is 19.6. The average molecular weight is 378 g/mol. The highest BCUT2D eigenvalue weighted by molar-refractivity contribution is 6.00. The van der Waals surface area contributed by atoms with Crippen LogP contribution in [0.15, 0.2) is 60.8 Å². The Morgan fingerprint density at radius 2 is 1.79 bits per heavy atom. The van der Waals surface area contributed by atoms with Crippen molar-refractivity contribution in [1.29, 1.82) is 0 Å². The summed E-state index contributed by atoms with van der Waals surface area (Å²) in [5.74, 6) is 0.529. The van der Waals surface area contributed by atoms with E-state index in [2.05, 4.69) is 17.6 Å². The summed E-state index contributed by atoms with van der Waals surface area (Å²) in [5, 5.41) is 11.0. The number of hydrogen-bond acceptors (Lipinski definition) is 4. The monoisotopic (exact) mass is 378 g/mol. The Hall–Kier alpha value is -3.12. The molecular formula is C22H26N4O2. The minimum Gasteiger partial charge on any atom is -0.496 e. The van der Waals surface area contributed by atoms with Crippen molar-refractivity contribution in [2.45, 2.75) is 13.3 Å². The Labute approximate surface area is 165 Å². The molecule has 0 aliphatic rings. The number of carbonyl (C=O) groups is 1. The Kier molecular flexibility index (Phi) is 6.81. The molecule has 0 unspecified atom stereocenters. The van der Waals surface area contributed by atoms with Crippen LogP contribution in [0.5, 0.6) is 5.75 Å². The van der Waals surface area contributed by atoms with Gasteiger partial charge in [-0.15, -0.1) is 0 Å². The minimum absolute atomic E-state index is 0.151. The van der Waals surface area contributed by atoms with Crippen LogP contribution in [0.25, 0.3) is 16.9 Å². The van der Waals surface area contributed by atoms with E-state index in [0.717, 1.165) is 30.8 Å². The zero-order chi connectivity index (χ0) is 19.8. The van der Waals surface area contributed by atoms with Crippen LogP contribution in [0.1, 0.15) is 23.7 Å². The molecule has 0 aliphatic carbocycles. The summed E-state index contributed by atoms with van der Waals surface area (Å²) < 4.78 is 7.21. The van der Waals surface area contributed by atoms with E-state index >= 15 is 0 Å². The molecule has 3 aromatic rings. The molecule has 0 fully saturated rings. The lowest BCUT2D eigenvalue weighted by molar-refractivity contribution is 0.0954. The second-order valence-electron chi connectivity index (χ2n) is 6.38. The van der Waals surface area contributed by atoms with Crippen LogP contribution in [-0.2, 0) is 0 Å². The van der Waals surface area contributed by atoms with Crippen LogP contribution in [0.2, 0.25) is 0 Å². The Morgan fingerprint density at radius 1 is 1.04 bits per heavy atom. The highest BCUT2D eigenvalue weighted by atomic mass is 16.5. The Balaban J connectivity index is 1.93. The lowest BCUT2D eigenvalue weighted by Crippen LogP contribution is -2.32. The van der Waals surface area contributed by atoms with Gasteiger partial charge < -0.3 is 15.4 Å². The first-order chi connectivity index (χ1) is 13.7. The van der Waals surface area contributed by atoms with Crippen molar-refractivity contribution in [1.82, 2.24) is 20.4 Å². The quantitative estimate of drug-likeness (QED) is 0.561. The van der Waals surface area contributed by atoms with Gasteiger partial charge in [0.05, 0.1) is 18.4 Å². The maximum Gasteiger partial charge on any atom is 0.255 e. The highest BCUT2D eigenvalue weighted by Crippen LogP contribution is 2.31. The SMILES string of the molecule is CCCNCCNC(=O)c1cn(-c2ccccc2)nc1-c1ccccc1OC. The molecule has 2 aromatic carbocycles. The van der Waals surface area contributed by atoms with Gasteiger partial charge in [0, 0.05) is 24.8 Å². The van der Waals surface area contributed by atoms with Gasteiger partial charge in [-0.1, -0.05) is 37.3 Å². The maximum atomic E-state index is 12.9. The molecule has 0 saturated carbocycles. The van der Waals surface area contributed by atoms with E-state index in [1.165, 1.54) is 0 Å². The van der Waals surface area contributed by atoms with Gasteiger partial charge in [0.25, 0.3) is 5.91 Å². The van der Waals surface area contributed by atoms with Gasteiger partial charge in [0.1, 0.15) is 11.4 Å². The second kappa shape index (κ2) is 9.71. The fourth-order valence-electron chi connectivity index (χ4n) is 2.95. The normalized spacial score (nSPS) is 10.6. The molecule has 146 valence electrons. The molecule has 1 aromatic heterocycles. The molecule has 0 spiro atoms. The molecule has 1 amide bonds. The van der Waals surface area contributed by atoms with Crippen LogP contribution in [-0.4, -0.2) is 42.4 Å². The molecular weight excluding hydrogens is 352 g/mol. The van der Waals surface area contributed by atoms with Gasteiger partial charge in [-0.2, -0.15) is 5.10 Å². The second-order valence-corrected chi connectivity index (χ2v) is 6.38. The Morgan fingerprint density at radius 3 is 2.54 bits per heavy atom. The predicted molar refractivity (Wildman–Crippen MR) is 111 cm³/mol. The fourth-order valence-corrected chi connectivity index (χ4v) is 2.95. The number of nitrogens with one attached hydrogen (secondary N) is 2. The van der Waals surface area contributed by atoms with Crippen molar-refractivity contribution < 1.29 is 9.53 Å². The standard InChI is InChI=1S/C22H26N4O2/c1-3-13-23-14-15-24-22(27)19-16-26(17-9-5-4-6-10-17)25-21(19)18-11-7-8-12-20(18)28-2/h4-12,16,23H,3,13-15H2,1-2H3,(H,24,27). The molecule has 0 atom stereocenters. The van der Waals surface area contributed by atoms with E-state index in [1.54, 1.807) is 18.0 Å². The van der Waals surface area contributed by atoms with E-state index in [-0.39, 0.29) is 5.91 Å². The van der Waals surface area contributed by atoms with E-state index in [9.17, 15) is 4.79 Å². The van der Waals surface area contributed by atoms with Crippen molar-refractivity contribution in [3.8, 4) is 22.7 Å². The van der Waals surface area contributed by atoms with Crippen molar-refractivity contribution >= 4 is 5.91 Å².